The van der Waals surface area contributed by atoms with Gasteiger partial charge < -0.3 is 0 Å². The van der Waals surface area contributed by atoms with Crippen molar-refractivity contribution in [2.45, 2.75) is 13.3 Å². The Morgan fingerprint density at radius 1 is 1.23 bits per heavy atom. The van der Waals surface area contributed by atoms with Crippen LogP contribution in [0.15, 0.2) is 36.4 Å². The molecule has 22 heavy (non-hydrogen) atoms. The van der Waals surface area contributed by atoms with Crippen LogP contribution in [0.4, 0.5) is 0 Å². The van der Waals surface area contributed by atoms with Gasteiger partial charge in [0.2, 0.25) is 0 Å². The highest BCUT2D eigenvalue weighted by atomic mass is 35.5. The van der Waals surface area contributed by atoms with E-state index in [1.165, 1.54) is 0 Å². The van der Waals surface area contributed by atoms with Crippen LogP contribution in [-0.2, 0) is 9.59 Å². The average molecular weight is 319 g/mol. The van der Waals surface area contributed by atoms with E-state index in [1.807, 2.05) is 19.1 Å². The number of carbonyl (C=O) groups excluding carboxylic acids is 3. The Bertz CT molecular complexity index is 668. The molecule has 0 radical (unpaired) electrons. The molecule has 0 saturated carbocycles. The van der Waals surface area contributed by atoms with E-state index in [0.717, 1.165) is 5.01 Å². The summed E-state index contributed by atoms with van der Waals surface area (Å²) >= 11 is 5.77. The molecule has 5 nitrogen and oxygen atoms in total. The van der Waals surface area contributed by atoms with E-state index in [4.69, 9.17) is 11.6 Å². The molecule has 114 valence electrons. The largest absolute Gasteiger partial charge is 0.272 e. The molecule has 1 aromatic rings. The summed E-state index contributed by atoms with van der Waals surface area (Å²) < 4.78 is 0. The Morgan fingerprint density at radius 3 is 2.55 bits per heavy atom. The lowest BCUT2D eigenvalue weighted by molar-refractivity contribution is -0.142. The maximum atomic E-state index is 12.4. The second-order valence-corrected chi connectivity index (χ2v) is 6.05. The number of allylic oxidation sites excluding steroid dienone is 2. The second-order valence-electron chi connectivity index (χ2n) is 5.61. The van der Waals surface area contributed by atoms with E-state index < -0.39 is 5.91 Å². The molecule has 3 rings (SSSR count). The quantitative estimate of drug-likeness (QED) is 0.671. The molecular weight excluding hydrogens is 304 g/mol. The van der Waals surface area contributed by atoms with E-state index >= 15 is 0 Å². The number of hydrazine groups is 1. The Balaban J connectivity index is 1.78. The van der Waals surface area contributed by atoms with Crippen LogP contribution in [0.2, 0.25) is 5.02 Å². The summed E-state index contributed by atoms with van der Waals surface area (Å²) in [6.07, 6.45) is 4.39. The first kappa shape index (κ1) is 14.8. The standard InChI is InChI=1S/C16H15ClN2O3/c1-9-3-2-4-12-13(9)16(22)19(15(12)21)18-14(20)10-5-7-11(17)8-6-10/h2-3,5-9,12-13H,4H2,1H3,(H,18,20)/t9-,12+,13+/m0/s1. The van der Waals surface area contributed by atoms with Gasteiger partial charge in [-0.15, -0.1) is 0 Å². The van der Waals surface area contributed by atoms with E-state index in [0.29, 0.717) is 17.0 Å². The maximum absolute atomic E-state index is 12.4. The number of nitrogens with one attached hydrogen (secondary N) is 1. The van der Waals surface area contributed by atoms with Gasteiger partial charge in [0.1, 0.15) is 0 Å². The van der Waals surface area contributed by atoms with Gasteiger partial charge in [-0.05, 0) is 36.6 Å². The van der Waals surface area contributed by atoms with E-state index in [-0.39, 0.29) is 29.6 Å². The van der Waals surface area contributed by atoms with Gasteiger partial charge in [-0.25, -0.2) is 0 Å². The summed E-state index contributed by atoms with van der Waals surface area (Å²) in [5.74, 6) is -1.95. The number of amides is 3. The highest BCUT2D eigenvalue weighted by Crippen LogP contribution is 2.37. The second kappa shape index (κ2) is 5.57. The smallest absolute Gasteiger partial charge is 0.270 e. The molecule has 3 amide bonds. The van der Waals surface area contributed by atoms with Crippen molar-refractivity contribution in [1.82, 2.24) is 10.4 Å². The summed E-state index contributed by atoms with van der Waals surface area (Å²) in [4.78, 5) is 36.9. The van der Waals surface area contributed by atoms with Gasteiger partial charge in [-0.1, -0.05) is 30.7 Å². The van der Waals surface area contributed by atoms with Crippen LogP contribution in [-0.4, -0.2) is 22.7 Å². The van der Waals surface area contributed by atoms with E-state index in [1.54, 1.807) is 24.3 Å². The van der Waals surface area contributed by atoms with Gasteiger partial charge in [0.15, 0.2) is 0 Å². The molecular formula is C16H15ClN2O3. The molecule has 1 aliphatic carbocycles. The van der Waals surface area contributed by atoms with Crippen LogP contribution in [0.3, 0.4) is 0 Å². The van der Waals surface area contributed by atoms with Crippen molar-refractivity contribution in [1.29, 1.82) is 0 Å². The molecule has 6 heteroatoms. The monoisotopic (exact) mass is 318 g/mol. The molecule has 0 unspecified atom stereocenters. The zero-order valence-corrected chi connectivity index (χ0v) is 12.7. The summed E-state index contributed by atoms with van der Waals surface area (Å²) in [6.45, 7) is 1.91. The first-order valence-electron chi connectivity index (χ1n) is 7.10. The number of halogens is 1. The number of nitrogens with zero attached hydrogens (tertiary/aromatic N) is 1. The number of hydrogen-bond acceptors (Lipinski definition) is 3. The molecule has 0 spiro atoms. The van der Waals surface area contributed by atoms with Crippen LogP contribution in [0.1, 0.15) is 23.7 Å². The van der Waals surface area contributed by atoms with Gasteiger partial charge in [-0.3, -0.25) is 19.8 Å². The highest BCUT2D eigenvalue weighted by molar-refractivity contribution is 6.30. The molecule has 0 aromatic heterocycles. The SMILES string of the molecule is C[C@H]1C=CC[C@H]2C(=O)N(NC(=O)c3ccc(Cl)cc3)C(=O)[C@H]12. The third-order valence-corrected chi connectivity index (χ3v) is 4.44. The number of rotatable bonds is 2. The van der Waals surface area contributed by atoms with Crippen LogP contribution < -0.4 is 5.43 Å². The molecule has 1 aromatic carbocycles. The Hall–Kier alpha value is -2.14. The summed E-state index contributed by atoms with van der Waals surface area (Å²) in [7, 11) is 0. The fourth-order valence-electron chi connectivity index (χ4n) is 3.03. The summed E-state index contributed by atoms with van der Waals surface area (Å²) in [6, 6.07) is 6.24. The minimum absolute atomic E-state index is 0.00682. The number of benzene rings is 1. The fraction of sp³-hybridized carbons (Fsp3) is 0.312. The summed E-state index contributed by atoms with van der Waals surface area (Å²) in [5, 5.41) is 1.38. The Morgan fingerprint density at radius 2 is 1.91 bits per heavy atom. The minimum atomic E-state index is -0.502. The molecule has 1 heterocycles. The average Bonchev–Trinajstić information content (AvgIpc) is 2.74. The van der Waals surface area contributed by atoms with Crippen molar-refractivity contribution >= 4 is 29.3 Å². The first-order valence-corrected chi connectivity index (χ1v) is 7.48. The van der Waals surface area contributed by atoms with Crippen molar-refractivity contribution in [3.05, 3.63) is 47.0 Å². The molecule has 1 aliphatic heterocycles. The number of hydrogen-bond donors (Lipinski definition) is 1. The van der Waals surface area contributed by atoms with Crippen molar-refractivity contribution < 1.29 is 14.4 Å². The lowest BCUT2D eigenvalue weighted by atomic mass is 9.78. The third-order valence-electron chi connectivity index (χ3n) is 4.19. The maximum Gasteiger partial charge on any atom is 0.270 e. The highest BCUT2D eigenvalue weighted by Gasteiger charge is 2.50. The van der Waals surface area contributed by atoms with Crippen molar-refractivity contribution in [3.8, 4) is 0 Å². The van der Waals surface area contributed by atoms with Crippen molar-refractivity contribution in [3.63, 3.8) is 0 Å². The molecule has 1 saturated heterocycles. The molecule has 3 atom stereocenters. The zero-order valence-electron chi connectivity index (χ0n) is 12.0. The van der Waals surface area contributed by atoms with Gasteiger partial charge in [-0.2, -0.15) is 5.01 Å². The Kier molecular flexibility index (Phi) is 3.74. The first-order chi connectivity index (χ1) is 10.5. The van der Waals surface area contributed by atoms with Crippen LogP contribution in [0, 0.1) is 17.8 Å². The van der Waals surface area contributed by atoms with E-state index in [9.17, 15) is 14.4 Å². The molecule has 1 fully saturated rings. The van der Waals surface area contributed by atoms with Crippen LogP contribution in [0.5, 0.6) is 0 Å². The third kappa shape index (κ3) is 2.41. The fourth-order valence-corrected chi connectivity index (χ4v) is 3.15. The number of carbonyl (C=O) groups is 3. The normalized spacial score (nSPS) is 27.0. The van der Waals surface area contributed by atoms with Crippen molar-refractivity contribution in [2.24, 2.45) is 17.8 Å². The zero-order chi connectivity index (χ0) is 15.9. The topological polar surface area (TPSA) is 66.5 Å². The lowest BCUT2D eigenvalue weighted by Crippen LogP contribution is -2.46. The molecule has 2 aliphatic rings. The number of imide groups is 1. The van der Waals surface area contributed by atoms with Gasteiger partial charge in [0, 0.05) is 10.6 Å². The predicted octanol–water partition coefficient (Wildman–Crippen LogP) is 2.18. The summed E-state index contributed by atoms with van der Waals surface area (Å²) in [5.41, 5.74) is 2.75. The molecule has 1 N–H and O–H groups in total. The minimum Gasteiger partial charge on any atom is -0.272 e. The lowest BCUT2D eigenvalue weighted by Gasteiger charge is -2.22. The van der Waals surface area contributed by atoms with E-state index in [2.05, 4.69) is 5.43 Å². The van der Waals surface area contributed by atoms with Gasteiger partial charge in [0.25, 0.3) is 17.7 Å². The van der Waals surface area contributed by atoms with Gasteiger partial charge in [0.05, 0.1) is 11.8 Å². The number of fused-ring (bicyclic) bond motifs is 1. The van der Waals surface area contributed by atoms with Crippen molar-refractivity contribution in [2.75, 3.05) is 0 Å². The van der Waals surface area contributed by atoms with Crippen LogP contribution >= 0.6 is 11.6 Å². The van der Waals surface area contributed by atoms with Crippen LogP contribution in [0.25, 0.3) is 0 Å². The molecule has 0 bridgehead atoms. The van der Waals surface area contributed by atoms with Gasteiger partial charge >= 0.3 is 0 Å². The Labute approximate surface area is 132 Å². The predicted molar refractivity (Wildman–Crippen MR) is 80.7 cm³/mol.